The van der Waals surface area contributed by atoms with E-state index < -0.39 is 0 Å². The molecule has 0 radical (unpaired) electrons. The van der Waals surface area contributed by atoms with Crippen molar-refractivity contribution in [1.29, 1.82) is 0 Å². The third-order valence-electron chi connectivity index (χ3n) is 6.03. The number of aromatic nitrogens is 2. The van der Waals surface area contributed by atoms with Crippen molar-refractivity contribution in [2.45, 2.75) is 39.7 Å². The fourth-order valence-electron chi connectivity index (χ4n) is 4.47. The van der Waals surface area contributed by atoms with Crippen LogP contribution in [-0.4, -0.2) is 84.1 Å². The summed E-state index contributed by atoms with van der Waals surface area (Å²) in [5.74, 6) is 3.37. The van der Waals surface area contributed by atoms with Gasteiger partial charge in [0, 0.05) is 70.8 Å². The molecule has 7 nitrogen and oxygen atoms in total. The molecule has 1 aromatic rings. The number of aliphatic imine (C=N–C) groups is 1. The first-order chi connectivity index (χ1) is 13.4. The molecule has 2 unspecified atom stereocenters. The Bertz CT molecular complexity index is 627. The van der Waals surface area contributed by atoms with E-state index in [1.54, 1.807) is 12.4 Å². The predicted octanol–water partition coefficient (Wildman–Crippen LogP) is 1.93. The first-order valence-electron chi connectivity index (χ1n) is 10.6. The smallest absolute Gasteiger partial charge is 0.225 e. The van der Waals surface area contributed by atoms with Crippen molar-refractivity contribution in [1.82, 2.24) is 25.1 Å². The Labute approximate surface area is 170 Å². The van der Waals surface area contributed by atoms with Gasteiger partial charge in [-0.1, -0.05) is 13.8 Å². The van der Waals surface area contributed by atoms with Gasteiger partial charge in [-0.05, 0) is 38.2 Å². The number of rotatable bonds is 4. The van der Waals surface area contributed by atoms with E-state index in [-0.39, 0.29) is 5.54 Å². The Hall–Kier alpha value is -1.89. The van der Waals surface area contributed by atoms with Crippen molar-refractivity contribution in [3.8, 4) is 0 Å². The molecular formula is C21H37N7. The molecule has 1 N–H and O–H groups in total. The van der Waals surface area contributed by atoms with Gasteiger partial charge in [-0.3, -0.25) is 9.89 Å². The van der Waals surface area contributed by atoms with Crippen molar-refractivity contribution in [2.75, 3.05) is 57.8 Å². The highest BCUT2D eigenvalue weighted by Gasteiger charge is 2.33. The van der Waals surface area contributed by atoms with Crippen LogP contribution in [0.1, 0.15) is 34.1 Å². The van der Waals surface area contributed by atoms with E-state index in [0.717, 1.165) is 56.5 Å². The van der Waals surface area contributed by atoms with Crippen molar-refractivity contribution >= 4 is 11.9 Å². The maximum atomic E-state index is 4.55. The lowest BCUT2D eigenvalue weighted by atomic mass is 9.88. The highest BCUT2D eigenvalue weighted by molar-refractivity contribution is 5.80. The van der Waals surface area contributed by atoms with Gasteiger partial charge in [0.05, 0.1) is 0 Å². The summed E-state index contributed by atoms with van der Waals surface area (Å²) in [6.45, 7) is 16.4. The van der Waals surface area contributed by atoms with E-state index in [2.05, 4.69) is 62.7 Å². The maximum absolute atomic E-state index is 4.55. The van der Waals surface area contributed by atoms with Crippen LogP contribution in [0, 0.1) is 11.8 Å². The molecule has 28 heavy (non-hydrogen) atoms. The van der Waals surface area contributed by atoms with Crippen LogP contribution >= 0.6 is 0 Å². The Morgan fingerprint density at radius 3 is 2.29 bits per heavy atom. The van der Waals surface area contributed by atoms with E-state index in [1.165, 1.54) is 19.5 Å². The third-order valence-corrected chi connectivity index (χ3v) is 6.03. The van der Waals surface area contributed by atoms with Gasteiger partial charge in [0.25, 0.3) is 0 Å². The second-order valence-electron chi connectivity index (χ2n) is 9.09. The fraction of sp³-hybridized carbons (Fsp3) is 0.762. The molecule has 2 aliphatic heterocycles. The molecule has 156 valence electrons. The molecule has 2 aliphatic rings. The quantitative estimate of drug-likeness (QED) is 0.629. The minimum atomic E-state index is 0.110. The van der Waals surface area contributed by atoms with Gasteiger partial charge in [0.1, 0.15) is 0 Å². The van der Waals surface area contributed by atoms with Gasteiger partial charge in [0.15, 0.2) is 5.96 Å². The SMILES string of the molecule is CN=C(NCC(C)(C)N1CC(C)CC(C)C1)N1CCN(c2ncccn2)CC1. The normalized spacial score (nSPS) is 25.1. The summed E-state index contributed by atoms with van der Waals surface area (Å²) in [6.07, 6.45) is 4.95. The zero-order chi connectivity index (χ0) is 20.1. The molecule has 2 fully saturated rings. The lowest BCUT2D eigenvalue weighted by Gasteiger charge is -2.46. The summed E-state index contributed by atoms with van der Waals surface area (Å²) >= 11 is 0. The van der Waals surface area contributed by atoms with E-state index in [0.29, 0.717) is 0 Å². The van der Waals surface area contributed by atoms with Crippen LogP contribution in [0.4, 0.5) is 5.95 Å². The number of nitrogens with one attached hydrogen (secondary N) is 1. The summed E-state index contributed by atoms with van der Waals surface area (Å²) in [5.41, 5.74) is 0.110. The van der Waals surface area contributed by atoms with Gasteiger partial charge in [0.2, 0.25) is 5.95 Å². The minimum Gasteiger partial charge on any atom is -0.354 e. The number of piperidine rings is 1. The largest absolute Gasteiger partial charge is 0.354 e. The maximum Gasteiger partial charge on any atom is 0.225 e. The first kappa shape index (κ1) is 20.8. The van der Waals surface area contributed by atoms with Crippen LogP contribution in [-0.2, 0) is 0 Å². The van der Waals surface area contributed by atoms with E-state index in [1.807, 2.05) is 13.1 Å². The first-order valence-corrected chi connectivity index (χ1v) is 10.6. The Balaban J connectivity index is 1.52. The average Bonchev–Trinajstić information content (AvgIpc) is 2.69. The zero-order valence-electron chi connectivity index (χ0n) is 18.2. The molecule has 0 aromatic carbocycles. The number of nitrogens with zero attached hydrogens (tertiary/aromatic N) is 6. The van der Waals surface area contributed by atoms with Crippen LogP contribution < -0.4 is 10.2 Å². The van der Waals surface area contributed by atoms with Gasteiger partial charge >= 0.3 is 0 Å². The van der Waals surface area contributed by atoms with E-state index >= 15 is 0 Å². The molecule has 3 heterocycles. The second kappa shape index (κ2) is 9.07. The molecule has 2 atom stereocenters. The number of piperazine rings is 1. The lowest BCUT2D eigenvalue weighted by Crippen LogP contribution is -2.59. The topological polar surface area (TPSA) is 59.9 Å². The number of guanidine groups is 1. The Kier molecular flexibility index (Phi) is 6.75. The summed E-state index contributed by atoms with van der Waals surface area (Å²) in [4.78, 5) is 20.5. The second-order valence-corrected chi connectivity index (χ2v) is 9.09. The van der Waals surface area contributed by atoms with E-state index in [9.17, 15) is 0 Å². The molecule has 1 aromatic heterocycles. The van der Waals surface area contributed by atoms with Gasteiger partial charge < -0.3 is 15.1 Å². The van der Waals surface area contributed by atoms with Gasteiger partial charge in [-0.25, -0.2) is 9.97 Å². The minimum absolute atomic E-state index is 0.110. The monoisotopic (exact) mass is 387 g/mol. The molecule has 3 rings (SSSR count). The molecule has 7 heteroatoms. The molecule has 0 spiro atoms. The highest BCUT2D eigenvalue weighted by atomic mass is 15.4. The summed E-state index contributed by atoms with van der Waals surface area (Å²) in [5, 5.41) is 3.65. The number of likely N-dealkylation sites (tertiary alicyclic amines) is 1. The lowest BCUT2D eigenvalue weighted by molar-refractivity contribution is 0.0480. The Morgan fingerprint density at radius 2 is 1.71 bits per heavy atom. The molecule has 0 bridgehead atoms. The Morgan fingerprint density at radius 1 is 1.11 bits per heavy atom. The summed E-state index contributed by atoms with van der Waals surface area (Å²) in [6, 6.07) is 1.86. The van der Waals surface area contributed by atoms with Gasteiger partial charge in [-0.15, -0.1) is 0 Å². The average molecular weight is 388 g/mol. The van der Waals surface area contributed by atoms with Gasteiger partial charge in [-0.2, -0.15) is 0 Å². The number of hydrogen-bond acceptors (Lipinski definition) is 5. The molecule has 2 saturated heterocycles. The zero-order valence-corrected chi connectivity index (χ0v) is 18.2. The molecule has 0 amide bonds. The third kappa shape index (κ3) is 5.13. The predicted molar refractivity (Wildman–Crippen MR) is 116 cm³/mol. The van der Waals surface area contributed by atoms with Crippen LogP contribution in [0.3, 0.4) is 0 Å². The van der Waals surface area contributed by atoms with Crippen LogP contribution in [0.5, 0.6) is 0 Å². The molecule has 0 saturated carbocycles. The van der Waals surface area contributed by atoms with Crippen LogP contribution in [0.2, 0.25) is 0 Å². The number of hydrogen-bond donors (Lipinski definition) is 1. The fourth-order valence-corrected chi connectivity index (χ4v) is 4.47. The highest BCUT2D eigenvalue weighted by Crippen LogP contribution is 2.26. The van der Waals surface area contributed by atoms with Crippen LogP contribution in [0.15, 0.2) is 23.5 Å². The number of anilines is 1. The van der Waals surface area contributed by atoms with Crippen LogP contribution in [0.25, 0.3) is 0 Å². The van der Waals surface area contributed by atoms with Crippen molar-refractivity contribution in [3.63, 3.8) is 0 Å². The molecular weight excluding hydrogens is 350 g/mol. The van der Waals surface area contributed by atoms with Crippen molar-refractivity contribution in [2.24, 2.45) is 16.8 Å². The summed E-state index contributed by atoms with van der Waals surface area (Å²) in [7, 11) is 1.88. The van der Waals surface area contributed by atoms with E-state index in [4.69, 9.17) is 0 Å². The summed E-state index contributed by atoms with van der Waals surface area (Å²) < 4.78 is 0. The van der Waals surface area contributed by atoms with Crippen molar-refractivity contribution < 1.29 is 0 Å². The molecule has 0 aliphatic carbocycles. The van der Waals surface area contributed by atoms with Crippen molar-refractivity contribution in [3.05, 3.63) is 18.5 Å². The standard InChI is InChI=1S/C21H37N7/c1-17-13-18(2)15-28(14-17)21(3,4)16-25-19(22-5)26-9-11-27(12-10-26)20-23-7-6-8-24-20/h6-8,17-18H,9-16H2,1-5H3,(H,22,25).